The van der Waals surface area contributed by atoms with Crippen molar-refractivity contribution in [3.05, 3.63) is 34.9 Å². The molecule has 0 radical (unpaired) electrons. The highest BCUT2D eigenvalue weighted by atomic mass is 16.6. The molecule has 1 heterocycles. The first-order valence-corrected chi connectivity index (χ1v) is 11.7. The molecule has 0 saturated carbocycles. The number of carbonyl (C=O) groups is 4. The number of ether oxygens (including phenoxy) is 5. The van der Waals surface area contributed by atoms with Crippen molar-refractivity contribution in [2.75, 3.05) is 14.2 Å². The second-order valence-corrected chi connectivity index (χ2v) is 9.27. The number of fused-ring (bicyclic) bond motifs is 1. The summed E-state index contributed by atoms with van der Waals surface area (Å²) in [5, 5.41) is 0. The maximum Gasteiger partial charge on any atom is 0.337 e. The molecular weight excluding hydrogens is 456 g/mol. The van der Waals surface area contributed by atoms with E-state index >= 15 is 0 Å². The van der Waals surface area contributed by atoms with Gasteiger partial charge in [0.1, 0.15) is 18.3 Å². The Balaban J connectivity index is 2.60. The molecule has 0 bridgehead atoms. The summed E-state index contributed by atoms with van der Waals surface area (Å²) in [5.74, 6) is -2.11. The summed E-state index contributed by atoms with van der Waals surface area (Å²) in [7, 11) is 2.52. The third-order valence-corrected chi connectivity index (χ3v) is 6.08. The molecule has 2 aliphatic rings. The molecule has 0 spiro atoms. The predicted molar refractivity (Wildman–Crippen MR) is 126 cm³/mol. The minimum Gasteiger partial charge on any atom is -0.466 e. The van der Waals surface area contributed by atoms with E-state index in [0.717, 1.165) is 5.57 Å². The van der Waals surface area contributed by atoms with Crippen LogP contribution in [-0.4, -0.2) is 62.0 Å². The maximum atomic E-state index is 12.7. The Hall–Kier alpha value is -2.94. The molecule has 0 unspecified atom stereocenters. The second kappa shape index (κ2) is 12.2. The van der Waals surface area contributed by atoms with E-state index in [1.54, 1.807) is 12.2 Å². The Morgan fingerprint density at radius 1 is 1.00 bits per heavy atom. The predicted octanol–water partition coefficient (Wildman–Crippen LogP) is 3.36. The van der Waals surface area contributed by atoms with Crippen LogP contribution in [0.1, 0.15) is 60.3 Å². The van der Waals surface area contributed by atoms with Gasteiger partial charge in [0.2, 0.25) is 0 Å². The highest BCUT2D eigenvalue weighted by Gasteiger charge is 2.52. The Morgan fingerprint density at radius 2 is 1.63 bits per heavy atom. The quantitative estimate of drug-likeness (QED) is 0.246. The first kappa shape index (κ1) is 28.3. The van der Waals surface area contributed by atoms with E-state index in [1.165, 1.54) is 28.1 Å². The van der Waals surface area contributed by atoms with Gasteiger partial charge in [-0.3, -0.25) is 9.59 Å². The largest absolute Gasteiger partial charge is 0.466 e. The minimum atomic E-state index is -0.860. The Morgan fingerprint density at radius 3 is 2.17 bits per heavy atom. The van der Waals surface area contributed by atoms with Crippen LogP contribution in [0, 0.1) is 5.92 Å². The third-order valence-electron chi connectivity index (χ3n) is 6.08. The number of hydrogen-bond acceptors (Lipinski definition) is 9. The molecule has 194 valence electrons. The fourth-order valence-corrected chi connectivity index (χ4v) is 4.15. The van der Waals surface area contributed by atoms with Crippen LogP contribution in [-0.2, 0) is 42.9 Å². The Bertz CT molecular complexity index is 927. The van der Waals surface area contributed by atoms with Crippen molar-refractivity contribution in [1.82, 2.24) is 0 Å². The molecule has 9 heteroatoms. The first-order chi connectivity index (χ1) is 16.4. The number of carbonyl (C=O) groups excluding carboxylic acids is 4. The lowest BCUT2D eigenvalue weighted by molar-refractivity contribution is -0.147. The SMILES string of the molecule is COC(=O)/C1=C/[C@H](OC(C)=O)C[C@]2(C)O[C@H]2/C=C(/C(C)C)C[C@H](OC(C)=O)/C(C(=O)OC)=C\CC1. The second-order valence-electron chi connectivity index (χ2n) is 9.27. The molecule has 1 fully saturated rings. The molecule has 9 nitrogen and oxygen atoms in total. The zero-order valence-corrected chi connectivity index (χ0v) is 21.5. The average Bonchev–Trinajstić information content (AvgIpc) is 3.40. The Kier molecular flexibility index (Phi) is 9.82. The molecule has 0 N–H and O–H groups in total. The van der Waals surface area contributed by atoms with Crippen molar-refractivity contribution in [1.29, 1.82) is 0 Å². The molecular formula is C26H36O9. The van der Waals surface area contributed by atoms with Gasteiger partial charge in [-0.15, -0.1) is 0 Å². The zero-order chi connectivity index (χ0) is 26.3. The van der Waals surface area contributed by atoms with E-state index in [-0.39, 0.29) is 36.9 Å². The molecule has 1 aliphatic carbocycles. The first-order valence-electron chi connectivity index (χ1n) is 11.7. The van der Waals surface area contributed by atoms with Gasteiger partial charge < -0.3 is 23.7 Å². The van der Waals surface area contributed by atoms with Crippen molar-refractivity contribution >= 4 is 23.9 Å². The molecule has 35 heavy (non-hydrogen) atoms. The number of hydrogen-bond donors (Lipinski definition) is 0. The lowest BCUT2D eigenvalue weighted by atomic mass is 9.89. The molecule has 0 aromatic rings. The molecule has 1 aliphatic heterocycles. The number of allylic oxidation sites excluding steroid dienone is 1. The summed E-state index contributed by atoms with van der Waals surface area (Å²) in [6.07, 6.45) is 4.39. The van der Waals surface area contributed by atoms with Crippen LogP contribution in [0.2, 0.25) is 0 Å². The lowest BCUT2D eigenvalue weighted by Gasteiger charge is -2.23. The van der Waals surface area contributed by atoms with Gasteiger partial charge >= 0.3 is 23.9 Å². The van der Waals surface area contributed by atoms with Crippen LogP contribution < -0.4 is 0 Å². The topological polar surface area (TPSA) is 118 Å². The lowest BCUT2D eigenvalue weighted by Crippen LogP contribution is -2.27. The Labute approximate surface area is 206 Å². The molecule has 4 atom stereocenters. The van der Waals surface area contributed by atoms with Gasteiger partial charge in [-0.05, 0) is 31.8 Å². The van der Waals surface area contributed by atoms with Crippen LogP contribution in [0.3, 0.4) is 0 Å². The molecule has 0 amide bonds. The van der Waals surface area contributed by atoms with Gasteiger partial charge in [-0.1, -0.05) is 31.6 Å². The fourth-order valence-electron chi connectivity index (χ4n) is 4.15. The molecule has 1 saturated heterocycles. The van der Waals surface area contributed by atoms with Gasteiger partial charge in [0, 0.05) is 32.3 Å². The number of esters is 4. The van der Waals surface area contributed by atoms with E-state index < -0.39 is 41.7 Å². The number of methoxy groups -OCH3 is 2. The van der Waals surface area contributed by atoms with Gasteiger partial charge in [-0.25, -0.2) is 9.59 Å². The van der Waals surface area contributed by atoms with Crippen molar-refractivity contribution < 1.29 is 42.9 Å². The molecule has 0 aromatic carbocycles. The van der Waals surface area contributed by atoms with E-state index in [2.05, 4.69) is 0 Å². The van der Waals surface area contributed by atoms with Gasteiger partial charge in [0.25, 0.3) is 0 Å². The zero-order valence-electron chi connectivity index (χ0n) is 21.5. The number of epoxide rings is 1. The van der Waals surface area contributed by atoms with Crippen molar-refractivity contribution in [2.45, 2.75) is 84.2 Å². The van der Waals surface area contributed by atoms with E-state index in [9.17, 15) is 19.2 Å². The summed E-state index contributed by atoms with van der Waals surface area (Å²) in [4.78, 5) is 48.8. The third kappa shape index (κ3) is 8.06. The summed E-state index contributed by atoms with van der Waals surface area (Å²) < 4.78 is 26.9. The van der Waals surface area contributed by atoms with Crippen LogP contribution in [0.15, 0.2) is 34.9 Å². The van der Waals surface area contributed by atoms with E-state index in [4.69, 9.17) is 23.7 Å². The van der Waals surface area contributed by atoms with Gasteiger partial charge in [-0.2, -0.15) is 0 Å². The highest BCUT2D eigenvalue weighted by Crippen LogP contribution is 2.44. The summed E-state index contributed by atoms with van der Waals surface area (Å²) >= 11 is 0. The van der Waals surface area contributed by atoms with Crippen LogP contribution in [0.25, 0.3) is 0 Å². The summed E-state index contributed by atoms with van der Waals surface area (Å²) in [5.41, 5.74) is 0.804. The minimum absolute atomic E-state index is 0.0865. The maximum absolute atomic E-state index is 12.7. The average molecular weight is 493 g/mol. The van der Waals surface area contributed by atoms with Crippen molar-refractivity contribution in [3.63, 3.8) is 0 Å². The van der Waals surface area contributed by atoms with Gasteiger partial charge in [0.05, 0.1) is 25.4 Å². The van der Waals surface area contributed by atoms with Crippen LogP contribution >= 0.6 is 0 Å². The van der Waals surface area contributed by atoms with E-state index in [1.807, 2.05) is 26.8 Å². The van der Waals surface area contributed by atoms with Crippen molar-refractivity contribution in [3.8, 4) is 0 Å². The summed E-state index contributed by atoms with van der Waals surface area (Å²) in [6, 6.07) is 0. The van der Waals surface area contributed by atoms with Crippen LogP contribution in [0.4, 0.5) is 0 Å². The highest BCUT2D eigenvalue weighted by molar-refractivity contribution is 5.90. The van der Waals surface area contributed by atoms with Crippen molar-refractivity contribution in [2.24, 2.45) is 5.92 Å². The number of rotatable bonds is 5. The van der Waals surface area contributed by atoms with Gasteiger partial charge in [0.15, 0.2) is 0 Å². The standard InChI is InChI=1S/C26H36O9/c1-15(2)19-12-22(34-17(4)28)21(25(30)32-7)10-8-9-18(24(29)31-6)11-20(33-16(3)27)14-26(5)23(13-19)35-26/h10-11,13,15,20,22-23H,8-9,12,14H2,1-7H3/b18-11+,19-13+,21-10+/t20-,22-,23-,26-/m0/s1. The summed E-state index contributed by atoms with van der Waals surface area (Å²) in [6.45, 7) is 8.51. The molecule has 0 aromatic heterocycles. The normalized spacial score (nSPS) is 31.7. The monoisotopic (exact) mass is 492 g/mol. The fraction of sp³-hybridized carbons (Fsp3) is 0.615. The smallest absolute Gasteiger partial charge is 0.337 e. The van der Waals surface area contributed by atoms with Crippen LogP contribution in [0.5, 0.6) is 0 Å². The van der Waals surface area contributed by atoms with E-state index in [0.29, 0.717) is 12.0 Å². The molecule has 2 rings (SSSR count).